The Morgan fingerprint density at radius 3 is 2.58 bits per heavy atom. The van der Waals surface area contributed by atoms with Crippen LogP contribution >= 0.6 is 11.6 Å². The number of halogens is 3. The quantitative estimate of drug-likeness (QED) is 0.587. The Morgan fingerprint density at radius 1 is 1.38 bits per heavy atom. The van der Waals surface area contributed by atoms with Crippen molar-refractivity contribution >= 4 is 29.2 Å². The number of anilines is 1. The Bertz CT molecular complexity index is 651. The van der Waals surface area contributed by atoms with Crippen molar-refractivity contribution in [2.75, 3.05) is 32.4 Å². The van der Waals surface area contributed by atoms with Gasteiger partial charge in [0.05, 0.1) is 25.9 Å². The summed E-state index contributed by atoms with van der Waals surface area (Å²) in [5.74, 6) is -3.05. The van der Waals surface area contributed by atoms with Gasteiger partial charge in [0.15, 0.2) is 0 Å². The van der Waals surface area contributed by atoms with Crippen LogP contribution in [0.1, 0.15) is 17.3 Å². The topological polar surface area (TPSA) is 83.1 Å². The molecule has 0 aliphatic carbocycles. The third kappa shape index (κ3) is 4.05. The fourth-order valence-corrected chi connectivity index (χ4v) is 2.72. The Balaban J connectivity index is 2.33. The number of hydrogen-bond acceptors (Lipinski definition) is 7. The molecule has 1 saturated heterocycles. The Labute approximate surface area is 153 Å². The minimum Gasteiger partial charge on any atom is -0.469 e. The van der Waals surface area contributed by atoms with E-state index in [4.69, 9.17) is 25.8 Å². The molecule has 0 spiro atoms. The lowest BCUT2D eigenvalue weighted by Gasteiger charge is -2.44. The predicted octanol–water partition coefficient (Wildman–Crippen LogP) is 2.60. The van der Waals surface area contributed by atoms with Gasteiger partial charge in [0.2, 0.25) is 5.72 Å². The maximum Gasteiger partial charge on any atom is 0.369 e. The molecule has 1 aromatic carbocycles. The van der Waals surface area contributed by atoms with Gasteiger partial charge < -0.3 is 24.3 Å². The van der Waals surface area contributed by atoms with Crippen LogP contribution in [0.25, 0.3) is 0 Å². The molecule has 1 aromatic rings. The van der Waals surface area contributed by atoms with Gasteiger partial charge in [-0.2, -0.15) is 8.78 Å². The summed E-state index contributed by atoms with van der Waals surface area (Å²) in [4.78, 5) is 23.6. The van der Waals surface area contributed by atoms with Crippen LogP contribution in [-0.4, -0.2) is 50.2 Å². The van der Waals surface area contributed by atoms with E-state index in [1.807, 2.05) is 0 Å². The fourth-order valence-electron chi connectivity index (χ4n) is 2.49. The lowest BCUT2D eigenvalue weighted by molar-refractivity contribution is -0.268. The van der Waals surface area contributed by atoms with Crippen molar-refractivity contribution in [3.63, 3.8) is 0 Å². The molecule has 1 fully saturated rings. The van der Waals surface area contributed by atoms with Crippen LogP contribution in [-0.2, 0) is 23.7 Å². The van der Waals surface area contributed by atoms with E-state index in [0.717, 1.165) is 7.11 Å². The number of ether oxygens (including phenoxy) is 4. The molecule has 1 aliphatic heterocycles. The minimum absolute atomic E-state index is 0.147. The molecule has 1 N–H and O–H groups in total. The van der Waals surface area contributed by atoms with E-state index < -0.39 is 35.8 Å². The molecule has 0 aromatic heterocycles. The minimum atomic E-state index is -3.98. The number of carbonyl (C=O) groups is 2. The van der Waals surface area contributed by atoms with E-state index in [-0.39, 0.29) is 24.5 Å². The summed E-state index contributed by atoms with van der Waals surface area (Å²) < 4.78 is 47.9. The van der Waals surface area contributed by atoms with Gasteiger partial charge in [0.1, 0.15) is 12.7 Å². The van der Waals surface area contributed by atoms with Gasteiger partial charge in [-0.05, 0) is 42.8 Å². The molecule has 26 heavy (non-hydrogen) atoms. The molecule has 144 valence electrons. The molecule has 2 rings (SSSR count). The number of carbonyl (C=O) groups excluding carboxylic acids is 2. The summed E-state index contributed by atoms with van der Waals surface area (Å²) in [7, 11) is 1.06. The smallest absolute Gasteiger partial charge is 0.369 e. The molecule has 10 heteroatoms. The Morgan fingerprint density at radius 2 is 2.04 bits per heavy atom. The maximum absolute atomic E-state index is 14.2. The second-order valence-corrected chi connectivity index (χ2v) is 5.84. The second kappa shape index (κ2) is 8.15. The molecule has 0 unspecified atom stereocenters. The van der Waals surface area contributed by atoms with Crippen molar-refractivity contribution < 1.29 is 37.3 Å². The standard InChI is InChI=1S/C16H18ClF2NO6/c1-3-25-13(21)10-4-6-11(7-5-10)20-15(16(17,18)19)12(14(22)23-2)8-24-9-26-15/h4-7,12,20H,3,8-9H2,1-2H3/t12-,15+/m1/s1. The van der Waals surface area contributed by atoms with Gasteiger partial charge in [0.25, 0.3) is 0 Å². The van der Waals surface area contributed by atoms with Crippen LogP contribution in [0.5, 0.6) is 0 Å². The van der Waals surface area contributed by atoms with Gasteiger partial charge >= 0.3 is 17.3 Å². The van der Waals surface area contributed by atoms with Gasteiger partial charge in [-0.25, -0.2) is 4.79 Å². The summed E-state index contributed by atoms with van der Waals surface area (Å²) in [6.07, 6.45) is 0. The Hall–Kier alpha value is -1.97. The maximum atomic E-state index is 14.2. The molecule has 2 atom stereocenters. The van der Waals surface area contributed by atoms with Crippen LogP contribution in [0, 0.1) is 5.92 Å². The molecular weight excluding hydrogens is 376 g/mol. The first kappa shape index (κ1) is 20.3. The number of esters is 2. The summed E-state index contributed by atoms with van der Waals surface area (Å²) in [6.45, 7) is 0.997. The Kier molecular flexibility index (Phi) is 6.38. The van der Waals surface area contributed by atoms with Crippen molar-refractivity contribution in [3.05, 3.63) is 29.8 Å². The van der Waals surface area contributed by atoms with Crippen molar-refractivity contribution in [1.82, 2.24) is 0 Å². The van der Waals surface area contributed by atoms with Crippen molar-refractivity contribution in [2.45, 2.75) is 18.0 Å². The monoisotopic (exact) mass is 393 g/mol. The number of alkyl halides is 3. The zero-order valence-electron chi connectivity index (χ0n) is 14.1. The summed E-state index contributed by atoms with van der Waals surface area (Å²) >= 11 is 5.28. The number of benzene rings is 1. The van der Waals surface area contributed by atoms with Crippen LogP contribution < -0.4 is 5.32 Å². The molecule has 0 amide bonds. The lowest BCUT2D eigenvalue weighted by atomic mass is 9.94. The van der Waals surface area contributed by atoms with E-state index in [1.165, 1.54) is 24.3 Å². The number of hydrogen-bond donors (Lipinski definition) is 1. The average Bonchev–Trinajstić information content (AvgIpc) is 2.61. The molecule has 0 bridgehead atoms. The van der Waals surface area contributed by atoms with E-state index >= 15 is 0 Å². The zero-order valence-corrected chi connectivity index (χ0v) is 14.8. The van der Waals surface area contributed by atoms with Crippen LogP contribution in [0.2, 0.25) is 0 Å². The van der Waals surface area contributed by atoms with Crippen molar-refractivity contribution in [1.29, 1.82) is 0 Å². The van der Waals surface area contributed by atoms with Gasteiger partial charge in [-0.3, -0.25) is 4.79 Å². The third-order valence-electron chi connectivity index (χ3n) is 3.78. The van der Waals surface area contributed by atoms with E-state index in [9.17, 15) is 18.4 Å². The zero-order chi connectivity index (χ0) is 19.4. The SMILES string of the molecule is CCOC(=O)c1ccc(N[C@]2(C(F)(F)Cl)OCOC[C@@H]2C(=O)OC)cc1. The first-order valence-electron chi connectivity index (χ1n) is 7.66. The largest absolute Gasteiger partial charge is 0.469 e. The van der Waals surface area contributed by atoms with Gasteiger partial charge in [0, 0.05) is 5.69 Å². The molecule has 0 saturated carbocycles. The highest BCUT2D eigenvalue weighted by atomic mass is 35.5. The first-order valence-corrected chi connectivity index (χ1v) is 8.04. The highest BCUT2D eigenvalue weighted by Crippen LogP contribution is 2.44. The van der Waals surface area contributed by atoms with Crippen LogP contribution in [0.15, 0.2) is 24.3 Å². The fraction of sp³-hybridized carbons (Fsp3) is 0.500. The van der Waals surface area contributed by atoms with Crippen LogP contribution in [0.3, 0.4) is 0 Å². The van der Waals surface area contributed by atoms with Crippen LogP contribution in [0.4, 0.5) is 14.5 Å². The second-order valence-electron chi connectivity index (χ2n) is 5.36. The van der Waals surface area contributed by atoms with Crippen molar-refractivity contribution in [3.8, 4) is 0 Å². The molecule has 1 aliphatic rings. The summed E-state index contributed by atoms with van der Waals surface area (Å²) in [5.41, 5.74) is -2.21. The average molecular weight is 394 g/mol. The highest BCUT2D eigenvalue weighted by molar-refractivity contribution is 6.23. The van der Waals surface area contributed by atoms with Gasteiger partial charge in [-0.15, -0.1) is 0 Å². The number of methoxy groups -OCH3 is 1. The molecular formula is C16H18ClF2NO6. The lowest BCUT2D eigenvalue weighted by Crippen LogP contribution is -2.64. The first-order chi connectivity index (χ1) is 12.2. The third-order valence-corrected chi connectivity index (χ3v) is 4.06. The van der Waals surface area contributed by atoms with Gasteiger partial charge in [-0.1, -0.05) is 0 Å². The van der Waals surface area contributed by atoms with Crippen molar-refractivity contribution in [2.24, 2.45) is 5.92 Å². The molecule has 0 radical (unpaired) electrons. The molecule has 7 nitrogen and oxygen atoms in total. The van der Waals surface area contributed by atoms with E-state index in [2.05, 4.69) is 10.1 Å². The van der Waals surface area contributed by atoms with E-state index in [0.29, 0.717) is 0 Å². The summed E-state index contributed by atoms with van der Waals surface area (Å²) in [5, 5.41) is -1.52. The normalized spacial score (nSPS) is 23.2. The number of rotatable bonds is 6. The molecule has 1 heterocycles. The summed E-state index contributed by atoms with van der Waals surface area (Å²) in [6, 6.07) is 5.49. The van der Waals surface area contributed by atoms with E-state index in [1.54, 1.807) is 6.92 Å². The number of nitrogens with one attached hydrogen (secondary N) is 1. The highest BCUT2D eigenvalue weighted by Gasteiger charge is 2.63. The predicted molar refractivity (Wildman–Crippen MR) is 87.0 cm³/mol.